The third kappa shape index (κ3) is 17.9. The van der Waals surface area contributed by atoms with Gasteiger partial charge in [0.25, 0.3) is 0 Å². The summed E-state index contributed by atoms with van der Waals surface area (Å²) in [6, 6.07) is 0. The molecule has 0 spiro atoms. The first-order valence-electron chi connectivity index (χ1n) is 8.42. The van der Waals surface area contributed by atoms with Crippen molar-refractivity contribution in [3.8, 4) is 0 Å². The molecule has 0 fully saturated rings. The zero-order chi connectivity index (χ0) is 14.0. The second-order valence-corrected chi connectivity index (χ2v) is 5.41. The van der Waals surface area contributed by atoms with Gasteiger partial charge in [0, 0.05) is 19.8 Å². The van der Waals surface area contributed by atoms with Crippen molar-refractivity contribution in [3.63, 3.8) is 0 Å². The molecule has 19 heavy (non-hydrogen) atoms. The highest BCUT2D eigenvalue weighted by molar-refractivity contribution is 4.60. The zero-order valence-corrected chi connectivity index (χ0v) is 13.0. The van der Waals surface area contributed by atoms with Gasteiger partial charge in [-0.15, -0.1) is 0 Å². The van der Waals surface area contributed by atoms with Gasteiger partial charge in [0.1, 0.15) is 0 Å². The number of unbranched alkanes of at least 4 members (excludes halogenated alkanes) is 11. The van der Waals surface area contributed by atoms with Crippen molar-refractivity contribution in [2.24, 2.45) is 0 Å². The van der Waals surface area contributed by atoms with Gasteiger partial charge in [-0.3, -0.25) is 0 Å². The molecule has 0 unspecified atom stereocenters. The van der Waals surface area contributed by atoms with Crippen LogP contribution in [0.1, 0.15) is 84.0 Å². The number of rotatable bonds is 16. The van der Waals surface area contributed by atoms with Gasteiger partial charge < -0.3 is 9.84 Å². The van der Waals surface area contributed by atoms with E-state index >= 15 is 0 Å². The molecule has 0 atom stereocenters. The Morgan fingerprint density at radius 1 is 0.737 bits per heavy atom. The highest BCUT2D eigenvalue weighted by Gasteiger charge is 1.93. The van der Waals surface area contributed by atoms with Crippen LogP contribution < -0.4 is 0 Å². The minimum atomic E-state index is 0.193. The summed E-state index contributed by atoms with van der Waals surface area (Å²) in [6.45, 7) is 4.22. The smallest absolute Gasteiger partial charge is 0.0466 e. The zero-order valence-electron chi connectivity index (χ0n) is 13.0. The highest BCUT2D eigenvalue weighted by atomic mass is 16.5. The fraction of sp³-hybridized carbons (Fsp3) is 0.941. The molecular formula is C17H35O2. The summed E-state index contributed by atoms with van der Waals surface area (Å²) in [4.78, 5) is 0. The van der Waals surface area contributed by atoms with E-state index in [-0.39, 0.29) is 6.61 Å². The van der Waals surface area contributed by atoms with Gasteiger partial charge in [0.2, 0.25) is 0 Å². The third-order valence-electron chi connectivity index (χ3n) is 3.47. The Morgan fingerprint density at radius 3 is 1.84 bits per heavy atom. The van der Waals surface area contributed by atoms with Crippen molar-refractivity contribution in [3.05, 3.63) is 6.42 Å². The summed E-state index contributed by atoms with van der Waals surface area (Å²) in [5, 5.41) is 8.57. The molecule has 2 nitrogen and oxygen atoms in total. The fourth-order valence-electron chi connectivity index (χ4n) is 2.21. The molecule has 0 rings (SSSR count). The van der Waals surface area contributed by atoms with Crippen LogP contribution in [-0.4, -0.2) is 24.9 Å². The van der Waals surface area contributed by atoms with Crippen molar-refractivity contribution in [1.29, 1.82) is 0 Å². The predicted octanol–water partition coefficient (Wildman–Crippen LogP) is 4.90. The van der Waals surface area contributed by atoms with Crippen LogP contribution in [0.5, 0.6) is 0 Å². The molecule has 1 N–H and O–H groups in total. The highest BCUT2D eigenvalue weighted by Crippen LogP contribution is 2.10. The molecule has 0 aromatic carbocycles. The van der Waals surface area contributed by atoms with E-state index in [2.05, 4.69) is 6.92 Å². The van der Waals surface area contributed by atoms with Crippen LogP contribution in [0, 0.1) is 6.42 Å². The Labute approximate surface area is 120 Å². The topological polar surface area (TPSA) is 29.5 Å². The van der Waals surface area contributed by atoms with Crippen LogP contribution in [0.4, 0.5) is 0 Å². The van der Waals surface area contributed by atoms with Crippen LogP contribution in [0.15, 0.2) is 0 Å². The number of aliphatic hydroxyl groups excluding tert-OH is 1. The lowest BCUT2D eigenvalue weighted by molar-refractivity contribution is 0.127. The number of hydrogen-bond donors (Lipinski definition) is 1. The van der Waals surface area contributed by atoms with Gasteiger partial charge in [-0.1, -0.05) is 64.7 Å². The van der Waals surface area contributed by atoms with E-state index in [1.165, 1.54) is 64.2 Å². The molecular weight excluding hydrogens is 236 g/mol. The van der Waals surface area contributed by atoms with E-state index in [9.17, 15) is 0 Å². The molecule has 0 aliphatic carbocycles. The molecule has 0 aromatic heterocycles. The molecule has 1 radical (unpaired) electrons. The molecule has 0 amide bonds. The molecule has 0 aromatic rings. The molecule has 115 valence electrons. The van der Waals surface area contributed by atoms with E-state index in [1.807, 2.05) is 6.42 Å². The van der Waals surface area contributed by atoms with Gasteiger partial charge in [0.05, 0.1) is 0 Å². The van der Waals surface area contributed by atoms with Crippen molar-refractivity contribution >= 4 is 0 Å². The van der Waals surface area contributed by atoms with Crippen LogP contribution in [0.25, 0.3) is 0 Å². The molecule has 0 saturated heterocycles. The van der Waals surface area contributed by atoms with Gasteiger partial charge in [-0.05, 0) is 25.7 Å². The lowest BCUT2D eigenvalue weighted by Crippen LogP contribution is -1.98. The summed E-state index contributed by atoms with van der Waals surface area (Å²) >= 11 is 0. The van der Waals surface area contributed by atoms with E-state index in [0.717, 1.165) is 26.1 Å². The Bertz CT molecular complexity index is 132. The second-order valence-electron chi connectivity index (χ2n) is 5.41. The summed E-state index contributed by atoms with van der Waals surface area (Å²) in [7, 11) is 0. The Kier molecular flexibility index (Phi) is 17.8. The van der Waals surface area contributed by atoms with Crippen LogP contribution in [-0.2, 0) is 4.74 Å². The first-order valence-corrected chi connectivity index (χ1v) is 8.42. The monoisotopic (exact) mass is 271 g/mol. The maximum Gasteiger partial charge on any atom is 0.0466 e. The maximum atomic E-state index is 8.57. The minimum absolute atomic E-state index is 0.193. The Balaban J connectivity index is 2.88. The van der Waals surface area contributed by atoms with E-state index < -0.39 is 0 Å². The van der Waals surface area contributed by atoms with Crippen LogP contribution in [0.2, 0.25) is 0 Å². The van der Waals surface area contributed by atoms with Crippen molar-refractivity contribution < 1.29 is 9.84 Å². The fourth-order valence-corrected chi connectivity index (χ4v) is 2.21. The third-order valence-corrected chi connectivity index (χ3v) is 3.47. The molecule has 0 aliphatic rings. The first-order chi connectivity index (χ1) is 9.41. The van der Waals surface area contributed by atoms with Crippen LogP contribution in [0.3, 0.4) is 0 Å². The van der Waals surface area contributed by atoms with Gasteiger partial charge in [0.15, 0.2) is 0 Å². The first kappa shape index (κ1) is 18.9. The van der Waals surface area contributed by atoms with Gasteiger partial charge >= 0.3 is 0 Å². The molecule has 0 heterocycles. The molecule has 0 bridgehead atoms. The Morgan fingerprint density at radius 2 is 1.26 bits per heavy atom. The average molecular weight is 271 g/mol. The Hall–Kier alpha value is -0.0800. The van der Waals surface area contributed by atoms with Gasteiger partial charge in [-0.2, -0.15) is 0 Å². The number of hydrogen-bond acceptors (Lipinski definition) is 2. The summed E-state index contributed by atoms with van der Waals surface area (Å²) in [5.74, 6) is 0. The summed E-state index contributed by atoms with van der Waals surface area (Å²) in [6.07, 6.45) is 17.7. The maximum absolute atomic E-state index is 8.57. The quantitative estimate of drug-likeness (QED) is 0.405. The minimum Gasteiger partial charge on any atom is -0.396 e. The normalized spacial score (nSPS) is 11.1. The van der Waals surface area contributed by atoms with E-state index in [4.69, 9.17) is 9.84 Å². The van der Waals surface area contributed by atoms with E-state index in [0.29, 0.717) is 0 Å². The van der Waals surface area contributed by atoms with Crippen LogP contribution >= 0.6 is 0 Å². The second kappa shape index (κ2) is 17.9. The number of ether oxygens (including phenoxy) is 1. The largest absolute Gasteiger partial charge is 0.396 e. The number of aliphatic hydroxyl groups is 1. The SMILES string of the molecule is CCCCCCCCCCCCOCCC[CH]CO. The molecule has 0 saturated carbocycles. The average Bonchev–Trinajstić information content (AvgIpc) is 2.43. The van der Waals surface area contributed by atoms with Crippen molar-refractivity contribution in [1.82, 2.24) is 0 Å². The standard InChI is InChI=1S/C17H35O2/c1-2-3-4-5-6-7-8-9-10-13-16-19-17-14-11-12-15-18/h12,18H,2-11,13-17H2,1H3. The van der Waals surface area contributed by atoms with Gasteiger partial charge in [-0.25, -0.2) is 0 Å². The lowest BCUT2D eigenvalue weighted by atomic mass is 10.1. The molecule has 0 aliphatic heterocycles. The molecule has 2 heteroatoms. The predicted molar refractivity (Wildman–Crippen MR) is 83.3 cm³/mol. The summed E-state index contributed by atoms with van der Waals surface area (Å²) in [5.41, 5.74) is 0. The van der Waals surface area contributed by atoms with Crippen molar-refractivity contribution in [2.75, 3.05) is 19.8 Å². The van der Waals surface area contributed by atoms with Crippen molar-refractivity contribution in [2.45, 2.75) is 84.0 Å². The van der Waals surface area contributed by atoms with E-state index in [1.54, 1.807) is 0 Å². The summed E-state index contributed by atoms with van der Waals surface area (Å²) < 4.78 is 5.55. The lowest BCUT2D eigenvalue weighted by Gasteiger charge is -2.04.